The van der Waals surface area contributed by atoms with E-state index in [-0.39, 0.29) is 12.4 Å². The van der Waals surface area contributed by atoms with Crippen LogP contribution < -0.4 is 16.8 Å². The maximum absolute atomic E-state index is 10.7. The zero-order valence-corrected chi connectivity index (χ0v) is 9.95. The standard InChI is InChI=1S/C11H15N5O2/c1-16-5-7(9(10(12)13)11(16)14)3-2-4-15-8(18)6-17/h5,17H,4,6,14H2,1H3,(H3,12,13)(H,15,18). The molecule has 1 amide bonds. The van der Waals surface area contributed by atoms with E-state index in [0.29, 0.717) is 16.9 Å². The second kappa shape index (κ2) is 5.75. The van der Waals surface area contributed by atoms with Gasteiger partial charge in [0.05, 0.1) is 17.7 Å². The van der Waals surface area contributed by atoms with Crippen molar-refractivity contribution in [2.24, 2.45) is 12.8 Å². The number of carbonyl (C=O) groups excluding carboxylic acids is 1. The number of anilines is 1. The van der Waals surface area contributed by atoms with Crippen molar-refractivity contribution in [3.63, 3.8) is 0 Å². The van der Waals surface area contributed by atoms with Gasteiger partial charge in [0.1, 0.15) is 18.3 Å². The molecule has 7 N–H and O–H groups in total. The van der Waals surface area contributed by atoms with Gasteiger partial charge in [-0.2, -0.15) is 0 Å². The Kier molecular flexibility index (Phi) is 4.34. The third-order valence-electron chi connectivity index (χ3n) is 2.24. The molecule has 0 spiro atoms. The van der Waals surface area contributed by atoms with Crippen LogP contribution >= 0.6 is 0 Å². The zero-order valence-electron chi connectivity index (χ0n) is 9.95. The van der Waals surface area contributed by atoms with Gasteiger partial charge in [-0.05, 0) is 0 Å². The minimum absolute atomic E-state index is 0.103. The van der Waals surface area contributed by atoms with Crippen LogP contribution in [-0.4, -0.2) is 34.6 Å². The first-order valence-electron chi connectivity index (χ1n) is 5.13. The van der Waals surface area contributed by atoms with E-state index in [2.05, 4.69) is 17.2 Å². The molecule has 1 heterocycles. The molecule has 0 aliphatic heterocycles. The van der Waals surface area contributed by atoms with E-state index < -0.39 is 12.5 Å². The van der Waals surface area contributed by atoms with Gasteiger partial charge >= 0.3 is 0 Å². The smallest absolute Gasteiger partial charge is 0.246 e. The number of hydrogen-bond donors (Lipinski definition) is 5. The van der Waals surface area contributed by atoms with Crippen molar-refractivity contribution >= 4 is 17.6 Å². The maximum Gasteiger partial charge on any atom is 0.246 e. The monoisotopic (exact) mass is 249 g/mol. The van der Waals surface area contributed by atoms with Crippen molar-refractivity contribution in [1.82, 2.24) is 9.88 Å². The number of aromatic nitrogens is 1. The fourth-order valence-corrected chi connectivity index (χ4v) is 1.36. The van der Waals surface area contributed by atoms with Crippen molar-refractivity contribution in [2.45, 2.75) is 0 Å². The quantitative estimate of drug-likeness (QED) is 0.249. The molecule has 7 heteroatoms. The molecule has 0 aliphatic carbocycles. The summed E-state index contributed by atoms with van der Waals surface area (Å²) in [6.07, 6.45) is 1.66. The van der Waals surface area contributed by atoms with Gasteiger partial charge in [-0.15, -0.1) is 0 Å². The first-order valence-corrected chi connectivity index (χ1v) is 5.13. The normalized spacial score (nSPS) is 9.44. The summed E-state index contributed by atoms with van der Waals surface area (Å²) in [6, 6.07) is 0. The Hall–Kier alpha value is -2.46. The fourth-order valence-electron chi connectivity index (χ4n) is 1.36. The molecule has 0 aromatic carbocycles. The lowest BCUT2D eigenvalue weighted by atomic mass is 10.2. The molecule has 1 rings (SSSR count). The Bertz CT molecular complexity index is 536. The number of aliphatic hydroxyl groups excluding tert-OH is 1. The van der Waals surface area contributed by atoms with Gasteiger partial charge in [0, 0.05) is 13.2 Å². The van der Waals surface area contributed by atoms with Crippen LogP contribution in [0.3, 0.4) is 0 Å². The van der Waals surface area contributed by atoms with Crippen LogP contribution in [0.5, 0.6) is 0 Å². The summed E-state index contributed by atoms with van der Waals surface area (Å²) in [4.78, 5) is 10.7. The maximum atomic E-state index is 10.7. The lowest BCUT2D eigenvalue weighted by molar-refractivity contribution is -0.123. The van der Waals surface area contributed by atoms with Crippen LogP contribution in [0.2, 0.25) is 0 Å². The zero-order chi connectivity index (χ0) is 13.7. The van der Waals surface area contributed by atoms with Gasteiger partial charge in [0.2, 0.25) is 5.91 Å². The number of nitrogens with zero attached hydrogens (tertiary/aromatic N) is 1. The summed E-state index contributed by atoms with van der Waals surface area (Å²) >= 11 is 0. The average Bonchev–Trinajstić information content (AvgIpc) is 2.60. The number of nitrogen functional groups attached to an aromatic ring is 2. The first kappa shape index (κ1) is 13.6. The van der Waals surface area contributed by atoms with Crippen molar-refractivity contribution in [2.75, 3.05) is 18.9 Å². The second-order valence-corrected chi connectivity index (χ2v) is 3.56. The highest BCUT2D eigenvalue weighted by atomic mass is 16.3. The summed E-state index contributed by atoms with van der Waals surface area (Å²) in [6.45, 7) is -0.468. The molecular weight excluding hydrogens is 234 g/mol. The summed E-state index contributed by atoms with van der Waals surface area (Å²) in [5, 5.41) is 18.3. The molecule has 0 unspecified atom stereocenters. The third kappa shape index (κ3) is 3.02. The van der Waals surface area contributed by atoms with Gasteiger partial charge in [-0.1, -0.05) is 11.8 Å². The van der Waals surface area contributed by atoms with E-state index in [4.69, 9.17) is 22.0 Å². The van der Waals surface area contributed by atoms with Gasteiger partial charge in [-0.25, -0.2) is 0 Å². The van der Waals surface area contributed by atoms with E-state index in [1.54, 1.807) is 17.8 Å². The van der Waals surface area contributed by atoms with Gasteiger partial charge < -0.3 is 26.5 Å². The number of nitrogens with one attached hydrogen (secondary N) is 2. The molecule has 1 aromatic heterocycles. The van der Waals surface area contributed by atoms with Gasteiger partial charge in [0.25, 0.3) is 0 Å². The molecule has 18 heavy (non-hydrogen) atoms. The Morgan fingerprint density at radius 3 is 2.89 bits per heavy atom. The lowest BCUT2D eigenvalue weighted by Crippen LogP contribution is -2.26. The molecule has 0 radical (unpaired) electrons. The van der Waals surface area contributed by atoms with E-state index >= 15 is 0 Å². The van der Waals surface area contributed by atoms with Crippen LogP contribution in [0.1, 0.15) is 11.1 Å². The van der Waals surface area contributed by atoms with E-state index in [1.165, 1.54) is 0 Å². The van der Waals surface area contributed by atoms with Gasteiger partial charge in [-0.3, -0.25) is 10.2 Å². The first-order chi connectivity index (χ1) is 8.47. The van der Waals surface area contributed by atoms with Crippen molar-refractivity contribution < 1.29 is 9.90 Å². The van der Waals surface area contributed by atoms with Crippen LogP contribution in [0.15, 0.2) is 6.20 Å². The molecule has 0 fully saturated rings. The molecular formula is C11H15N5O2. The molecule has 0 saturated heterocycles. The molecule has 96 valence electrons. The lowest BCUT2D eigenvalue weighted by Gasteiger charge is -1.99. The number of rotatable bonds is 3. The Balaban J connectivity index is 2.85. The van der Waals surface area contributed by atoms with E-state index in [0.717, 1.165) is 0 Å². The van der Waals surface area contributed by atoms with Crippen LogP contribution in [0, 0.1) is 17.3 Å². The highest BCUT2D eigenvalue weighted by molar-refractivity contribution is 6.02. The number of aryl methyl sites for hydroxylation is 1. The Morgan fingerprint density at radius 2 is 2.33 bits per heavy atom. The SMILES string of the molecule is Cn1cc(C#CCNC(=O)CO)c(C(=N)N)c1N. The largest absolute Gasteiger partial charge is 0.387 e. The van der Waals surface area contributed by atoms with Crippen molar-refractivity contribution in [1.29, 1.82) is 5.41 Å². The number of carbonyl (C=O) groups is 1. The molecule has 0 aliphatic rings. The number of amides is 1. The molecule has 0 atom stereocenters. The number of nitrogens with two attached hydrogens (primary N) is 2. The highest BCUT2D eigenvalue weighted by Crippen LogP contribution is 2.17. The molecule has 0 bridgehead atoms. The van der Waals surface area contributed by atoms with Crippen LogP contribution in [0.4, 0.5) is 5.82 Å². The number of amidine groups is 1. The molecule has 0 saturated carbocycles. The predicted octanol–water partition coefficient (Wildman–Crippen LogP) is -1.65. The van der Waals surface area contributed by atoms with Gasteiger partial charge in [0.15, 0.2) is 0 Å². The fraction of sp³-hybridized carbons (Fsp3) is 0.273. The third-order valence-corrected chi connectivity index (χ3v) is 2.24. The number of hydrogen-bond acceptors (Lipinski definition) is 4. The second-order valence-electron chi connectivity index (χ2n) is 3.56. The van der Waals surface area contributed by atoms with Crippen molar-refractivity contribution in [3.8, 4) is 11.8 Å². The average molecular weight is 249 g/mol. The molecule has 1 aromatic rings. The summed E-state index contributed by atoms with van der Waals surface area (Å²) in [7, 11) is 1.72. The summed E-state index contributed by atoms with van der Waals surface area (Å²) < 4.78 is 1.62. The number of aliphatic hydroxyl groups is 1. The van der Waals surface area contributed by atoms with E-state index in [9.17, 15) is 4.79 Å². The minimum Gasteiger partial charge on any atom is -0.387 e. The van der Waals surface area contributed by atoms with Crippen LogP contribution in [-0.2, 0) is 11.8 Å². The topological polar surface area (TPSA) is 130 Å². The summed E-state index contributed by atoms with van der Waals surface area (Å²) in [5.74, 6) is 5.17. The predicted molar refractivity (Wildman–Crippen MR) is 67.8 cm³/mol. The minimum atomic E-state index is -0.571. The van der Waals surface area contributed by atoms with Crippen LogP contribution in [0.25, 0.3) is 0 Å². The summed E-state index contributed by atoms with van der Waals surface area (Å²) in [5.41, 5.74) is 12.1. The highest BCUT2D eigenvalue weighted by Gasteiger charge is 2.12. The van der Waals surface area contributed by atoms with E-state index in [1.807, 2.05) is 0 Å². The molecule has 7 nitrogen and oxygen atoms in total. The van der Waals surface area contributed by atoms with Crippen molar-refractivity contribution in [3.05, 3.63) is 17.3 Å². The Morgan fingerprint density at radius 1 is 1.67 bits per heavy atom. The Labute approximate surface area is 104 Å².